The third-order valence-corrected chi connectivity index (χ3v) is 2.88. The van der Waals surface area contributed by atoms with E-state index in [1.165, 1.54) is 0 Å². The van der Waals surface area contributed by atoms with Crippen LogP contribution in [0.1, 0.15) is 6.42 Å². The standard InChI is InChI=1S/C13H11BrN4/c14-12-4-2-10(3-5-12)11-8-17-13(18-9-11)16-7-1-6-15/h2-5,8-9H,1,7H2,(H,16,17,18). The lowest BCUT2D eigenvalue weighted by molar-refractivity contribution is 1.02. The lowest BCUT2D eigenvalue weighted by Gasteiger charge is -2.04. The number of benzene rings is 1. The maximum atomic E-state index is 8.42. The average molecular weight is 303 g/mol. The summed E-state index contributed by atoms with van der Waals surface area (Å²) >= 11 is 3.40. The summed E-state index contributed by atoms with van der Waals surface area (Å²) in [7, 11) is 0. The predicted molar refractivity (Wildman–Crippen MR) is 73.9 cm³/mol. The third-order valence-electron chi connectivity index (χ3n) is 2.35. The lowest BCUT2D eigenvalue weighted by Crippen LogP contribution is -2.04. The highest BCUT2D eigenvalue weighted by atomic mass is 79.9. The average Bonchev–Trinajstić information content (AvgIpc) is 2.41. The number of aromatic nitrogens is 2. The van der Waals surface area contributed by atoms with Crippen LogP contribution in [-0.4, -0.2) is 16.5 Å². The number of hydrogen-bond acceptors (Lipinski definition) is 4. The number of hydrogen-bond donors (Lipinski definition) is 1. The molecule has 5 heteroatoms. The largest absolute Gasteiger partial charge is 0.353 e. The van der Waals surface area contributed by atoms with Gasteiger partial charge in [0.1, 0.15) is 0 Å². The molecular formula is C13H11BrN4. The summed E-state index contributed by atoms with van der Waals surface area (Å²) in [6.07, 6.45) is 3.98. The quantitative estimate of drug-likeness (QED) is 0.881. The van der Waals surface area contributed by atoms with Crippen molar-refractivity contribution >= 4 is 21.9 Å². The van der Waals surface area contributed by atoms with Gasteiger partial charge in [-0.3, -0.25) is 0 Å². The molecule has 0 fully saturated rings. The van der Waals surface area contributed by atoms with Crippen molar-refractivity contribution in [2.45, 2.75) is 6.42 Å². The lowest BCUT2D eigenvalue weighted by atomic mass is 10.1. The minimum absolute atomic E-state index is 0.442. The Morgan fingerprint density at radius 2 is 1.78 bits per heavy atom. The van der Waals surface area contributed by atoms with E-state index in [0.29, 0.717) is 18.9 Å². The number of rotatable bonds is 4. The minimum Gasteiger partial charge on any atom is -0.353 e. The third kappa shape index (κ3) is 3.28. The predicted octanol–water partition coefficient (Wildman–Crippen LogP) is 3.23. The first-order valence-corrected chi connectivity index (χ1v) is 6.28. The maximum Gasteiger partial charge on any atom is 0.222 e. The van der Waals surface area contributed by atoms with Gasteiger partial charge < -0.3 is 5.32 Å². The molecule has 0 aliphatic carbocycles. The van der Waals surface area contributed by atoms with Crippen LogP contribution in [-0.2, 0) is 0 Å². The fourth-order valence-electron chi connectivity index (χ4n) is 1.44. The molecule has 1 aromatic carbocycles. The first-order valence-electron chi connectivity index (χ1n) is 5.48. The highest BCUT2D eigenvalue weighted by Gasteiger charge is 2.00. The molecule has 1 aromatic heterocycles. The SMILES string of the molecule is N#CCCNc1ncc(-c2ccc(Br)cc2)cn1. The van der Waals surface area contributed by atoms with Crippen LogP contribution in [0.15, 0.2) is 41.1 Å². The van der Waals surface area contributed by atoms with E-state index in [1.54, 1.807) is 12.4 Å². The van der Waals surface area contributed by atoms with Gasteiger partial charge in [-0.15, -0.1) is 0 Å². The Kier molecular flexibility index (Phi) is 4.26. The van der Waals surface area contributed by atoms with Crippen LogP contribution >= 0.6 is 15.9 Å². The minimum atomic E-state index is 0.442. The van der Waals surface area contributed by atoms with Crippen LogP contribution in [0.4, 0.5) is 5.95 Å². The van der Waals surface area contributed by atoms with Crippen molar-refractivity contribution in [3.8, 4) is 17.2 Å². The highest BCUT2D eigenvalue weighted by Crippen LogP contribution is 2.20. The summed E-state index contributed by atoms with van der Waals surface area (Å²) in [5, 5.41) is 11.4. The molecule has 2 aromatic rings. The van der Waals surface area contributed by atoms with Crippen molar-refractivity contribution in [3.63, 3.8) is 0 Å². The van der Waals surface area contributed by atoms with Crippen molar-refractivity contribution in [1.29, 1.82) is 5.26 Å². The van der Waals surface area contributed by atoms with Gasteiger partial charge in [-0.2, -0.15) is 5.26 Å². The van der Waals surface area contributed by atoms with Gasteiger partial charge in [-0.25, -0.2) is 9.97 Å². The van der Waals surface area contributed by atoms with E-state index in [9.17, 15) is 0 Å². The molecule has 4 nitrogen and oxygen atoms in total. The van der Waals surface area contributed by atoms with Gasteiger partial charge in [0.05, 0.1) is 12.5 Å². The summed E-state index contributed by atoms with van der Waals surface area (Å²) in [4.78, 5) is 8.41. The molecule has 18 heavy (non-hydrogen) atoms. The van der Waals surface area contributed by atoms with Crippen LogP contribution in [0.5, 0.6) is 0 Å². The van der Waals surface area contributed by atoms with Crippen molar-refractivity contribution in [2.24, 2.45) is 0 Å². The molecule has 2 rings (SSSR count). The number of halogens is 1. The van der Waals surface area contributed by atoms with E-state index in [-0.39, 0.29) is 0 Å². The molecule has 1 heterocycles. The van der Waals surface area contributed by atoms with E-state index in [0.717, 1.165) is 15.6 Å². The molecule has 0 amide bonds. The van der Waals surface area contributed by atoms with Crippen LogP contribution in [0.25, 0.3) is 11.1 Å². The second-order valence-electron chi connectivity index (χ2n) is 3.64. The monoisotopic (exact) mass is 302 g/mol. The normalized spacial score (nSPS) is 9.78. The van der Waals surface area contributed by atoms with Gasteiger partial charge in [-0.05, 0) is 17.7 Å². The molecule has 0 atom stereocenters. The topological polar surface area (TPSA) is 61.6 Å². The van der Waals surface area contributed by atoms with Crippen molar-refractivity contribution < 1.29 is 0 Å². The fraction of sp³-hybridized carbons (Fsp3) is 0.154. The van der Waals surface area contributed by atoms with Gasteiger partial charge in [0.15, 0.2) is 0 Å². The van der Waals surface area contributed by atoms with Crippen LogP contribution in [0.2, 0.25) is 0 Å². The van der Waals surface area contributed by atoms with E-state index < -0.39 is 0 Å². The first kappa shape index (κ1) is 12.5. The maximum absolute atomic E-state index is 8.42. The number of anilines is 1. The molecule has 0 spiro atoms. The molecule has 0 unspecified atom stereocenters. The van der Waals surface area contributed by atoms with Crippen molar-refractivity contribution in [2.75, 3.05) is 11.9 Å². The zero-order valence-electron chi connectivity index (χ0n) is 9.60. The van der Waals surface area contributed by atoms with Gasteiger partial charge >= 0.3 is 0 Å². The summed E-state index contributed by atoms with van der Waals surface area (Å²) in [5.74, 6) is 0.547. The summed E-state index contributed by atoms with van der Waals surface area (Å²) in [6.45, 7) is 0.564. The molecule has 0 radical (unpaired) electrons. The molecule has 0 saturated carbocycles. The second kappa shape index (κ2) is 6.12. The Balaban J connectivity index is 2.08. The first-order chi connectivity index (χ1) is 8.79. The van der Waals surface area contributed by atoms with Gasteiger partial charge in [-0.1, -0.05) is 28.1 Å². The molecular weight excluding hydrogens is 292 g/mol. The van der Waals surface area contributed by atoms with Gasteiger partial charge in [0.25, 0.3) is 0 Å². The van der Waals surface area contributed by atoms with Crippen molar-refractivity contribution in [1.82, 2.24) is 9.97 Å². The molecule has 0 saturated heterocycles. The van der Waals surface area contributed by atoms with E-state index in [1.807, 2.05) is 24.3 Å². The van der Waals surface area contributed by atoms with E-state index in [4.69, 9.17) is 5.26 Å². The Bertz CT molecular complexity index is 543. The fourth-order valence-corrected chi connectivity index (χ4v) is 1.71. The second-order valence-corrected chi connectivity index (χ2v) is 4.55. The van der Waals surface area contributed by atoms with Crippen LogP contribution in [0, 0.1) is 11.3 Å². The Morgan fingerprint density at radius 1 is 1.11 bits per heavy atom. The smallest absolute Gasteiger partial charge is 0.222 e. The summed E-state index contributed by atoms with van der Waals surface area (Å²) in [6, 6.07) is 10.0. The Morgan fingerprint density at radius 3 is 2.39 bits per heavy atom. The Hall–Kier alpha value is -1.93. The Labute approximate surface area is 114 Å². The zero-order chi connectivity index (χ0) is 12.8. The number of nitrogens with one attached hydrogen (secondary N) is 1. The summed E-state index contributed by atoms with van der Waals surface area (Å²) in [5.41, 5.74) is 2.04. The van der Waals surface area contributed by atoms with Crippen molar-refractivity contribution in [3.05, 3.63) is 41.1 Å². The van der Waals surface area contributed by atoms with E-state index >= 15 is 0 Å². The molecule has 1 N–H and O–H groups in total. The molecule has 0 aliphatic heterocycles. The summed E-state index contributed by atoms with van der Waals surface area (Å²) < 4.78 is 1.04. The zero-order valence-corrected chi connectivity index (χ0v) is 11.2. The number of nitriles is 1. The number of nitrogens with zero attached hydrogens (tertiary/aromatic N) is 3. The van der Waals surface area contributed by atoms with Gasteiger partial charge in [0.2, 0.25) is 5.95 Å². The van der Waals surface area contributed by atoms with E-state index in [2.05, 4.69) is 37.3 Å². The van der Waals surface area contributed by atoms with Crippen LogP contribution in [0.3, 0.4) is 0 Å². The van der Waals surface area contributed by atoms with Crippen LogP contribution < -0.4 is 5.32 Å². The molecule has 0 aliphatic rings. The van der Waals surface area contributed by atoms with Gasteiger partial charge in [0, 0.05) is 29.0 Å². The highest BCUT2D eigenvalue weighted by molar-refractivity contribution is 9.10. The molecule has 90 valence electrons. The molecule has 0 bridgehead atoms.